The average Bonchev–Trinajstić information content (AvgIpc) is 2.60. The van der Waals surface area contributed by atoms with Gasteiger partial charge < -0.3 is 10.4 Å². The van der Waals surface area contributed by atoms with Crippen LogP contribution in [0.15, 0.2) is 28.7 Å². The maximum Gasteiger partial charge on any atom is 0.166 e. The van der Waals surface area contributed by atoms with E-state index in [-0.39, 0.29) is 5.75 Å². The number of anilines is 1. The fourth-order valence-corrected chi connectivity index (χ4v) is 2.95. The van der Waals surface area contributed by atoms with Gasteiger partial charge in [-0.2, -0.15) is 0 Å². The molecule has 0 spiro atoms. The number of benzene rings is 1. The van der Waals surface area contributed by atoms with Crippen molar-refractivity contribution in [1.82, 2.24) is 0 Å². The highest BCUT2D eigenvalue weighted by Gasteiger charge is 2.04. The molecule has 0 aliphatic carbocycles. The van der Waals surface area contributed by atoms with Gasteiger partial charge in [-0.05, 0) is 41.1 Å². The number of hydrogen-bond acceptors (Lipinski definition) is 3. The van der Waals surface area contributed by atoms with Crippen molar-refractivity contribution in [3.05, 3.63) is 44.3 Å². The quantitative estimate of drug-likeness (QED) is 0.829. The lowest BCUT2D eigenvalue weighted by molar-refractivity contribution is 0.432. The van der Waals surface area contributed by atoms with E-state index in [1.807, 2.05) is 13.0 Å². The highest BCUT2D eigenvalue weighted by Crippen LogP contribution is 2.27. The zero-order valence-electron chi connectivity index (χ0n) is 9.13. The number of rotatable bonds is 3. The third-order valence-electron chi connectivity index (χ3n) is 2.32. The summed E-state index contributed by atoms with van der Waals surface area (Å²) < 4.78 is 14.2. The Kier molecular flexibility index (Phi) is 3.69. The molecule has 1 aromatic heterocycles. The minimum Gasteiger partial charge on any atom is -0.505 e. The lowest BCUT2D eigenvalue weighted by Gasteiger charge is -2.05. The summed E-state index contributed by atoms with van der Waals surface area (Å²) in [6, 6.07) is 6.32. The second-order valence-corrected chi connectivity index (χ2v) is 5.83. The smallest absolute Gasteiger partial charge is 0.166 e. The maximum absolute atomic E-state index is 13.1. The van der Waals surface area contributed by atoms with Crippen LogP contribution in [0.3, 0.4) is 0 Å². The molecular formula is C12H11BrFNOS. The van der Waals surface area contributed by atoms with Crippen molar-refractivity contribution in [3.8, 4) is 5.75 Å². The first-order chi connectivity index (χ1) is 8.06. The first-order valence-corrected chi connectivity index (χ1v) is 6.64. The van der Waals surface area contributed by atoms with Gasteiger partial charge >= 0.3 is 0 Å². The molecule has 1 aromatic carbocycles. The highest BCUT2D eigenvalue weighted by molar-refractivity contribution is 9.10. The SMILES string of the molecule is Cc1sc(CNc2ccc(O)c(F)c2)cc1Br. The molecule has 0 saturated heterocycles. The molecule has 0 aliphatic heterocycles. The van der Waals surface area contributed by atoms with Crippen LogP contribution >= 0.6 is 27.3 Å². The van der Waals surface area contributed by atoms with Crippen LogP contribution in [-0.2, 0) is 6.54 Å². The van der Waals surface area contributed by atoms with Crippen molar-refractivity contribution < 1.29 is 9.50 Å². The largest absolute Gasteiger partial charge is 0.505 e. The van der Waals surface area contributed by atoms with Crippen LogP contribution in [0.5, 0.6) is 5.75 Å². The van der Waals surface area contributed by atoms with Crippen molar-refractivity contribution in [1.29, 1.82) is 0 Å². The molecule has 2 nitrogen and oxygen atoms in total. The first-order valence-electron chi connectivity index (χ1n) is 5.03. The van der Waals surface area contributed by atoms with E-state index in [0.717, 1.165) is 4.47 Å². The molecule has 17 heavy (non-hydrogen) atoms. The zero-order valence-corrected chi connectivity index (χ0v) is 11.5. The number of aromatic hydroxyl groups is 1. The lowest BCUT2D eigenvalue weighted by Crippen LogP contribution is -1.97. The van der Waals surface area contributed by atoms with Crippen LogP contribution in [0.25, 0.3) is 0 Å². The molecule has 90 valence electrons. The van der Waals surface area contributed by atoms with E-state index in [1.54, 1.807) is 17.4 Å². The maximum atomic E-state index is 13.1. The van der Waals surface area contributed by atoms with Gasteiger partial charge in [0, 0.05) is 32.5 Å². The van der Waals surface area contributed by atoms with Gasteiger partial charge in [0.05, 0.1) is 0 Å². The summed E-state index contributed by atoms with van der Waals surface area (Å²) in [5.41, 5.74) is 0.655. The van der Waals surface area contributed by atoms with Crippen LogP contribution in [-0.4, -0.2) is 5.11 Å². The van der Waals surface area contributed by atoms with Crippen molar-refractivity contribution in [2.24, 2.45) is 0 Å². The molecule has 1 heterocycles. The van der Waals surface area contributed by atoms with Crippen molar-refractivity contribution >= 4 is 33.0 Å². The molecule has 0 atom stereocenters. The number of thiophene rings is 1. The van der Waals surface area contributed by atoms with Gasteiger partial charge in [-0.1, -0.05) is 0 Å². The fourth-order valence-electron chi connectivity index (χ4n) is 1.41. The summed E-state index contributed by atoms with van der Waals surface area (Å²) in [7, 11) is 0. The number of phenols is 1. The molecule has 5 heteroatoms. The second-order valence-electron chi connectivity index (χ2n) is 3.64. The Bertz CT molecular complexity index is 522. The third kappa shape index (κ3) is 2.98. The molecular weight excluding hydrogens is 305 g/mol. The summed E-state index contributed by atoms with van der Waals surface area (Å²) >= 11 is 5.14. The van der Waals surface area contributed by atoms with Crippen LogP contribution in [0, 0.1) is 12.7 Å². The van der Waals surface area contributed by atoms with Crippen LogP contribution in [0.2, 0.25) is 0 Å². The van der Waals surface area contributed by atoms with Gasteiger partial charge in [0.1, 0.15) is 0 Å². The Morgan fingerprint density at radius 1 is 1.41 bits per heavy atom. The Morgan fingerprint density at radius 2 is 2.18 bits per heavy atom. The summed E-state index contributed by atoms with van der Waals surface area (Å²) in [4.78, 5) is 2.39. The van der Waals surface area contributed by atoms with E-state index >= 15 is 0 Å². The molecule has 0 fully saturated rings. The predicted octanol–water partition coefficient (Wildman–Crippen LogP) is 4.28. The Balaban J connectivity index is 2.04. The summed E-state index contributed by atoms with van der Waals surface area (Å²) in [6.07, 6.45) is 0. The standard InChI is InChI=1S/C12H11BrFNOS/c1-7-10(13)5-9(17-7)6-15-8-2-3-12(16)11(14)4-8/h2-5,15-16H,6H2,1H3. The number of nitrogens with one attached hydrogen (secondary N) is 1. The summed E-state index contributed by atoms with van der Waals surface area (Å²) in [5.74, 6) is -0.941. The van der Waals surface area contributed by atoms with Gasteiger partial charge in [0.25, 0.3) is 0 Å². The molecule has 0 amide bonds. The third-order valence-corrected chi connectivity index (χ3v) is 4.46. The Labute approximate surface area is 111 Å². The molecule has 0 saturated carbocycles. The molecule has 0 bridgehead atoms. The molecule has 2 rings (SSSR count). The Hall–Kier alpha value is -1.07. The fraction of sp³-hybridized carbons (Fsp3) is 0.167. The van der Waals surface area contributed by atoms with Gasteiger partial charge in [0.2, 0.25) is 0 Å². The first kappa shape index (κ1) is 12.4. The second kappa shape index (κ2) is 5.06. The van der Waals surface area contributed by atoms with Crippen LogP contribution in [0.4, 0.5) is 10.1 Å². The molecule has 0 radical (unpaired) electrons. The summed E-state index contributed by atoms with van der Waals surface area (Å²) in [6.45, 7) is 2.68. The van der Waals surface area contributed by atoms with E-state index < -0.39 is 5.82 Å². The van der Waals surface area contributed by atoms with E-state index in [4.69, 9.17) is 5.11 Å². The lowest BCUT2D eigenvalue weighted by atomic mass is 10.3. The van der Waals surface area contributed by atoms with Gasteiger partial charge in [-0.15, -0.1) is 11.3 Å². The monoisotopic (exact) mass is 315 g/mol. The predicted molar refractivity (Wildman–Crippen MR) is 72.1 cm³/mol. The Morgan fingerprint density at radius 3 is 2.76 bits per heavy atom. The molecule has 2 aromatic rings. The minimum absolute atomic E-state index is 0.328. The van der Waals surface area contributed by atoms with Crippen molar-refractivity contribution in [2.45, 2.75) is 13.5 Å². The summed E-state index contributed by atoms with van der Waals surface area (Å²) in [5, 5.41) is 12.2. The van der Waals surface area contributed by atoms with E-state index in [1.165, 1.54) is 21.9 Å². The molecule has 2 N–H and O–H groups in total. The average molecular weight is 316 g/mol. The van der Waals surface area contributed by atoms with Gasteiger partial charge in [-0.3, -0.25) is 0 Å². The highest BCUT2D eigenvalue weighted by atomic mass is 79.9. The normalized spacial score (nSPS) is 10.5. The topological polar surface area (TPSA) is 32.3 Å². The number of aryl methyl sites for hydroxylation is 1. The van der Waals surface area contributed by atoms with Gasteiger partial charge in [0.15, 0.2) is 11.6 Å². The van der Waals surface area contributed by atoms with E-state index in [2.05, 4.69) is 21.2 Å². The number of hydrogen-bond donors (Lipinski definition) is 2. The number of halogens is 2. The minimum atomic E-state index is -0.612. The van der Waals surface area contributed by atoms with E-state index in [9.17, 15) is 4.39 Å². The van der Waals surface area contributed by atoms with Crippen LogP contribution < -0.4 is 5.32 Å². The van der Waals surface area contributed by atoms with Crippen molar-refractivity contribution in [2.75, 3.05) is 5.32 Å². The molecule has 0 unspecified atom stereocenters. The van der Waals surface area contributed by atoms with Crippen LogP contribution in [0.1, 0.15) is 9.75 Å². The molecule has 0 aliphatic rings. The van der Waals surface area contributed by atoms with Gasteiger partial charge in [-0.25, -0.2) is 4.39 Å². The zero-order chi connectivity index (χ0) is 12.4. The number of phenolic OH excluding ortho intramolecular Hbond substituents is 1. The van der Waals surface area contributed by atoms with E-state index in [0.29, 0.717) is 12.2 Å². The van der Waals surface area contributed by atoms with Crippen molar-refractivity contribution in [3.63, 3.8) is 0 Å².